The van der Waals surface area contributed by atoms with Crippen molar-refractivity contribution in [1.82, 2.24) is 15.6 Å². The van der Waals surface area contributed by atoms with E-state index < -0.39 is 0 Å². The molecule has 2 rings (SSSR count). The summed E-state index contributed by atoms with van der Waals surface area (Å²) in [5.41, 5.74) is 1.11. The molecule has 0 spiro atoms. The number of aromatic nitrogens is 1. The molecule has 0 bridgehead atoms. The number of nitrogens with one attached hydrogen (secondary N) is 2. The smallest absolute Gasteiger partial charge is 0.191 e. The van der Waals surface area contributed by atoms with Crippen LogP contribution in [-0.2, 0) is 19.5 Å². The zero-order valence-electron chi connectivity index (χ0n) is 14.3. The van der Waals surface area contributed by atoms with Crippen LogP contribution in [0.15, 0.2) is 35.5 Å². The first kappa shape index (κ1) is 20.7. The Morgan fingerprint density at radius 2 is 2.12 bits per heavy atom. The molecule has 0 radical (unpaired) electrons. The number of hydrogen-bond acceptors (Lipinski definition) is 4. The van der Waals surface area contributed by atoms with Crippen molar-refractivity contribution in [2.24, 2.45) is 4.99 Å². The average Bonchev–Trinajstić information content (AvgIpc) is 3.05. The van der Waals surface area contributed by atoms with Crippen molar-refractivity contribution < 1.29 is 4.74 Å². The van der Waals surface area contributed by atoms with E-state index in [2.05, 4.69) is 34.5 Å². The van der Waals surface area contributed by atoms with Gasteiger partial charge in [0.1, 0.15) is 10.8 Å². The van der Waals surface area contributed by atoms with Gasteiger partial charge in [-0.15, -0.1) is 35.3 Å². The second-order valence-corrected chi connectivity index (χ2v) is 6.17. The van der Waals surface area contributed by atoms with Crippen molar-refractivity contribution in [1.29, 1.82) is 0 Å². The molecule has 1 aromatic heterocycles. The normalized spacial score (nSPS) is 10.9. The van der Waals surface area contributed by atoms with Crippen molar-refractivity contribution in [3.05, 3.63) is 45.9 Å². The van der Waals surface area contributed by atoms with Crippen molar-refractivity contribution in [2.75, 3.05) is 13.7 Å². The van der Waals surface area contributed by atoms with Gasteiger partial charge in [0.15, 0.2) is 5.96 Å². The second kappa shape index (κ2) is 11.2. The molecule has 0 aliphatic heterocycles. The van der Waals surface area contributed by atoms with E-state index >= 15 is 0 Å². The number of halogens is 1. The van der Waals surface area contributed by atoms with Gasteiger partial charge < -0.3 is 15.4 Å². The third-order valence-electron chi connectivity index (χ3n) is 3.26. The van der Waals surface area contributed by atoms with E-state index in [-0.39, 0.29) is 24.0 Å². The number of methoxy groups -OCH3 is 1. The Kier molecular flexibility index (Phi) is 9.70. The molecule has 7 heteroatoms. The van der Waals surface area contributed by atoms with Gasteiger partial charge in [0.2, 0.25) is 0 Å². The monoisotopic (exact) mass is 460 g/mol. The molecule has 2 aromatic rings. The molecule has 0 fully saturated rings. The lowest BCUT2D eigenvalue weighted by molar-refractivity contribution is 0.414. The highest BCUT2D eigenvalue weighted by Crippen LogP contribution is 2.14. The predicted molar refractivity (Wildman–Crippen MR) is 112 cm³/mol. The van der Waals surface area contributed by atoms with Gasteiger partial charge in [-0.05, 0) is 31.0 Å². The van der Waals surface area contributed by atoms with Crippen molar-refractivity contribution in [3.8, 4) is 5.75 Å². The third-order valence-corrected chi connectivity index (χ3v) is 4.40. The van der Waals surface area contributed by atoms with E-state index in [9.17, 15) is 0 Å². The summed E-state index contributed by atoms with van der Waals surface area (Å²) in [5, 5.41) is 7.66. The van der Waals surface area contributed by atoms with Gasteiger partial charge in [-0.2, -0.15) is 0 Å². The zero-order chi connectivity index (χ0) is 16.5. The summed E-state index contributed by atoms with van der Waals surface area (Å²) in [6.07, 6.45) is 2.98. The average molecular weight is 460 g/mol. The summed E-state index contributed by atoms with van der Waals surface area (Å²) in [4.78, 5) is 10.3. The van der Waals surface area contributed by atoms with E-state index in [1.54, 1.807) is 18.4 Å². The van der Waals surface area contributed by atoms with Crippen LogP contribution in [0.2, 0.25) is 0 Å². The molecule has 24 heavy (non-hydrogen) atoms. The maximum absolute atomic E-state index is 5.24. The molecule has 0 atom stereocenters. The quantitative estimate of drug-likeness (QED) is 0.377. The van der Waals surface area contributed by atoms with Gasteiger partial charge in [-0.1, -0.05) is 19.1 Å². The van der Waals surface area contributed by atoms with Crippen LogP contribution in [0.1, 0.15) is 29.3 Å². The molecule has 0 saturated heterocycles. The number of benzene rings is 1. The molecule has 0 aliphatic carbocycles. The number of nitrogens with zero attached hydrogens (tertiary/aromatic N) is 2. The Labute approximate surface area is 165 Å². The first-order valence-electron chi connectivity index (χ1n) is 7.83. The highest BCUT2D eigenvalue weighted by atomic mass is 127. The first-order valence-corrected chi connectivity index (χ1v) is 8.65. The Hall–Kier alpha value is -1.35. The summed E-state index contributed by atoms with van der Waals surface area (Å²) >= 11 is 1.74. The van der Waals surface area contributed by atoms with E-state index in [1.807, 2.05) is 30.5 Å². The van der Waals surface area contributed by atoms with Crippen LogP contribution in [0.3, 0.4) is 0 Å². The zero-order valence-corrected chi connectivity index (χ0v) is 17.5. The van der Waals surface area contributed by atoms with Crippen LogP contribution < -0.4 is 15.4 Å². The van der Waals surface area contributed by atoms with Crippen LogP contribution in [0.4, 0.5) is 0 Å². The molecule has 5 nitrogen and oxygen atoms in total. The summed E-state index contributed by atoms with van der Waals surface area (Å²) in [7, 11) is 1.67. The second-order valence-electron chi connectivity index (χ2n) is 4.97. The lowest BCUT2D eigenvalue weighted by Crippen LogP contribution is -2.36. The van der Waals surface area contributed by atoms with Gasteiger partial charge in [0.05, 0.1) is 20.2 Å². The largest absolute Gasteiger partial charge is 0.497 e. The van der Waals surface area contributed by atoms with E-state index in [0.29, 0.717) is 13.1 Å². The van der Waals surface area contributed by atoms with Crippen molar-refractivity contribution >= 4 is 41.3 Å². The van der Waals surface area contributed by atoms with Gasteiger partial charge in [0.25, 0.3) is 0 Å². The van der Waals surface area contributed by atoms with Crippen molar-refractivity contribution in [2.45, 2.75) is 33.4 Å². The number of guanidine groups is 1. The third kappa shape index (κ3) is 6.64. The van der Waals surface area contributed by atoms with E-state index in [4.69, 9.17) is 4.74 Å². The molecular formula is C17H25IN4OS. The Morgan fingerprint density at radius 1 is 1.29 bits per heavy atom. The number of rotatable bonds is 7. The molecule has 1 heterocycles. The summed E-state index contributed by atoms with van der Waals surface area (Å²) in [6, 6.07) is 7.96. The molecule has 0 saturated carbocycles. The molecular weight excluding hydrogens is 435 g/mol. The minimum atomic E-state index is 0. The Bertz CT molecular complexity index is 645. The standard InChI is InChI=1S/C17H24N4OS.HI/c1-4-15-11-19-16(23-15)12-21-17(18-5-2)20-10-13-7-6-8-14(9-13)22-3;/h6-9,11H,4-5,10,12H2,1-3H3,(H2,18,20,21);1H. The van der Waals surface area contributed by atoms with Crippen LogP contribution in [0.5, 0.6) is 5.75 Å². The van der Waals surface area contributed by atoms with Crippen molar-refractivity contribution in [3.63, 3.8) is 0 Å². The lowest BCUT2D eigenvalue weighted by Gasteiger charge is -2.10. The van der Waals surface area contributed by atoms with Gasteiger partial charge in [0, 0.05) is 17.6 Å². The Balaban J connectivity index is 0.00000288. The fourth-order valence-electron chi connectivity index (χ4n) is 2.04. The molecule has 0 aliphatic rings. The predicted octanol–water partition coefficient (Wildman–Crippen LogP) is 3.59. The topological polar surface area (TPSA) is 58.5 Å². The number of aliphatic imine (C=N–C) groups is 1. The summed E-state index contributed by atoms with van der Waals surface area (Å²) < 4.78 is 5.24. The number of hydrogen-bond donors (Lipinski definition) is 2. The van der Waals surface area contributed by atoms with Crippen LogP contribution in [-0.4, -0.2) is 24.6 Å². The fraction of sp³-hybridized carbons (Fsp3) is 0.412. The molecule has 0 unspecified atom stereocenters. The minimum Gasteiger partial charge on any atom is -0.497 e. The van der Waals surface area contributed by atoms with Gasteiger partial charge in [-0.3, -0.25) is 0 Å². The van der Waals surface area contributed by atoms with Crippen LogP contribution >= 0.6 is 35.3 Å². The Morgan fingerprint density at radius 3 is 2.79 bits per heavy atom. The molecule has 0 amide bonds. The highest BCUT2D eigenvalue weighted by molar-refractivity contribution is 14.0. The molecule has 1 aromatic carbocycles. The molecule has 132 valence electrons. The number of thiazole rings is 1. The first-order chi connectivity index (χ1) is 11.2. The van der Waals surface area contributed by atoms with Gasteiger partial charge >= 0.3 is 0 Å². The van der Waals surface area contributed by atoms with E-state index in [0.717, 1.165) is 35.2 Å². The van der Waals surface area contributed by atoms with Crippen LogP contribution in [0.25, 0.3) is 0 Å². The minimum absolute atomic E-state index is 0. The van der Waals surface area contributed by atoms with Gasteiger partial charge in [-0.25, -0.2) is 9.98 Å². The lowest BCUT2D eigenvalue weighted by atomic mass is 10.2. The summed E-state index contributed by atoms with van der Waals surface area (Å²) in [6.45, 7) is 6.31. The van der Waals surface area contributed by atoms with E-state index in [1.165, 1.54) is 4.88 Å². The van der Waals surface area contributed by atoms with Crippen LogP contribution in [0, 0.1) is 0 Å². The fourth-order valence-corrected chi connectivity index (χ4v) is 2.84. The highest BCUT2D eigenvalue weighted by Gasteiger charge is 2.03. The summed E-state index contributed by atoms with van der Waals surface area (Å²) in [5.74, 6) is 1.65. The number of ether oxygens (including phenoxy) is 1. The molecule has 2 N–H and O–H groups in total. The SMILES string of the molecule is CCNC(=NCc1cccc(OC)c1)NCc1ncc(CC)s1.I. The number of aryl methyl sites for hydroxylation is 1. The maximum Gasteiger partial charge on any atom is 0.191 e. The maximum atomic E-state index is 5.24.